The highest BCUT2D eigenvalue weighted by molar-refractivity contribution is 7.09. The van der Waals surface area contributed by atoms with Crippen LogP contribution in [0.3, 0.4) is 0 Å². The van der Waals surface area contributed by atoms with Crippen LogP contribution in [-0.2, 0) is 16.0 Å². The number of aromatic nitrogens is 1. The first-order valence-electron chi connectivity index (χ1n) is 4.30. The molecule has 0 aliphatic heterocycles. The second kappa shape index (κ2) is 3.98. The molecule has 1 aromatic rings. The monoisotopic (exact) mass is 228 g/mol. The average molecular weight is 228 g/mol. The fourth-order valence-electron chi connectivity index (χ4n) is 1.12. The van der Waals surface area contributed by atoms with Crippen LogP contribution in [0.2, 0.25) is 0 Å². The second-order valence-corrected chi connectivity index (χ2v) is 4.60. The van der Waals surface area contributed by atoms with Gasteiger partial charge in [0.05, 0.1) is 10.7 Å². The highest BCUT2D eigenvalue weighted by atomic mass is 32.1. The summed E-state index contributed by atoms with van der Waals surface area (Å²) in [5.41, 5.74) is 4.08. The summed E-state index contributed by atoms with van der Waals surface area (Å²) in [6, 6.07) is 0. The van der Waals surface area contributed by atoms with E-state index in [9.17, 15) is 9.59 Å². The fraction of sp³-hybridized carbons (Fsp3) is 0.444. The van der Waals surface area contributed by atoms with Gasteiger partial charge in [-0.1, -0.05) is 0 Å². The Morgan fingerprint density at radius 2 is 2.27 bits per heavy atom. The van der Waals surface area contributed by atoms with Gasteiger partial charge in [-0.2, -0.15) is 0 Å². The van der Waals surface area contributed by atoms with Crippen LogP contribution in [0.25, 0.3) is 0 Å². The average Bonchev–Trinajstić information content (AvgIpc) is 2.50. The first kappa shape index (κ1) is 11.6. The predicted molar refractivity (Wildman–Crippen MR) is 55.5 cm³/mol. The quantitative estimate of drug-likeness (QED) is 0.737. The third-order valence-corrected chi connectivity index (χ3v) is 3.04. The number of aryl methyl sites for hydroxylation is 1. The van der Waals surface area contributed by atoms with E-state index in [4.69, 9.17) is 10.8 Å². The van der Waals surface area contributed by atoms with E-state index in [-0.39, 0.29) is 6.42 Å². The van der Waals surface area contributed by atoms with Gasteiger partial charge in [0, 0.05) is 11.8 Å². The van der Waals surface area contributed by atoms with Crippen LogP contribution in [0.1, 0.15) is 17.6 Å². The molecular weight excluding hydrogens is 216 g/mol. The van der Waals surface area contributed by atoms with Crippen molar-refractivity contribution in [2.75, 3.05) is 0 Å². The molecule has 0 aromatic carbocycles. The number of rotatable bonds is 4. The van der Waals surface area contributed by atoms with Gasteiger partial charge in [-0.25, -0.2) is 4.98 Å². The van der Waals surface area contributed by atoms with E-state index in [1.165, 1.54) is 18.3 Å². The molecule has 5 nitrogen and oxygen atoms in total. The zero-order valence-corrected chi connectivity index (χ0v) is 9.30. The maximum Gasteiger partial charge on any atom is 0.319 e. The number of nitrogens with two attached hydrogens (primary N) is 1. The van der Waals surface area contributed by atoms with E-state index in [1.807, 2.05) is 6.92 Å². The number of hydrogen-bond acceptors (Lipinski definition) is 4. The van der Waals surface area contributed by atoms with Gasteiger partial charge in [0.15, 0.2) is 0 Å². The van der Waals surface area contributed by atoms with Gasteiger partial charge in [0.25, 0.3) is 0 Å². The Balaban J connectivity index is 2.94. The number of carbonyl (C=O) groups excluding carboxylic acids is 1. The van der Waals surface area contributed by atoms with Gasteiger partial charge in [0.2, 0.25) is 5.91 Å². The van der Waals surface area contributed by atoms with E-state index < -0.39 is 17.3 Å². The molecule has 0 saturated carbocycles. The molecule has 1 heterocycles. The fourth-order valence-corrected chi connectivity index (χ4v) is 1.73. The van der Waals surface area contributed by atoms with Crippen molar-refractivity contribution in [2.45, 2.75) is 20.3 Å². The van der Waals surface area contributed by atoms with Crippen molar-refractivity contribution < 1.29 is 14.7 Å². The summed E-state index contributed by atoms with van der Waals surface area (Å²) in [6.45, 7) is 3.13. The Hall–Kier alpha value is -1.43. The standard InChI is InChI=1S/C9H12N2O3S/c1-5-11-6(4-15-5)3-9(2,7(10)12)8(13)14/h4H,3H2,1-2H3,(H2,10,12)(H,13,14). The van der Waals surface area contributed by atoms with Crippen LogP contribution in [0.4, 0.5) is 0 Å². The molecule has 0 fully saturated rings. The molecule has 1 aromatic heterocycles. The number of nitrogens with zero attached hydrogens (tertiary/aromatic N) is 1. The summed E-state index contributed by atoms with van der Waals surface area (Å²) < 4.78 is 0. The Bertz CT molecular complexity index is 386. The molecule has 0 aliphatic carbocycles. The lowest BCUT2D eigenvalue weighted by atomic mass is 9.85. The molecule has 0 saturated heterocycles. The third-order valence-electron chi connectivity index (χ3n) is 2.22. The van der Waals surface area contributed by atoms with Crippen molar-refractivity contribution in [1.29, 1.82) is 0 Å². The van der Waals surface area contributed by atoms with Crippen LogP contribution in [0, 0.1) is 12.3 Å². The van der Waals surface area contributed by atoms with E-state index in [0.29, 0.717) is 5.69 Å². The maximum absolute atomic E-state index is 11.1. The largest absolute Gasteiger partial charge is 0.480 e. The normalized spacial score (nSPS) is 14.5. The summed E-state index contributed by atoms with van der Waals surface area (Å²) in [6.07, 6.45) is 0.0298. The molecule has 3 N–H and O–H groups in total. The van der Waals surface area contributed by atoms with Crippen LogP contribution < -0.4 is 5.73 Å². The van der Waals surface area contributed by atoms with Crippen molar-refractivity contribution in [3.63, 3.8) is 0 Å². The van der Waals surface area contributed by atoms with Gasteiger partial charge in [-0.3, -0.25) is 9.59 Å². The Morgan fingerprint density at radius 1 is 1.67 bits per heavy atom. The van der Waals surface area contributed by atoms with Crippen molar-refractivity contribution in [2.24, 2.45) is 11.1 Å². The summed E-state index contributed by atoms with van der Waals surface area (Å²) in [5, 5.41) is 11.5. The minimum absolute atomic E-state index is 0.0298. The maximum atomic E-state index is 11.1. The second-order valence-electron chi connectivity index (χ2n) is 3.54. The number of hydrogen-bond donors (Lipinski definition) is 2. The molecule has 1 rings (SSSR count). The molecule has 1 atom stereocenters. The van der Waals surface area contributed by atoms with Gasteiger partial charge in [-0.05, 0) is 13.8 Å². The van der Waals surface area contributed by atoms with Crippen LogP contribution in [0.5, 0.6) is 0 Å². The van der Waals surface area contributed by atoms with Crippen molar-refractivity contribution in [1.82, 2.24) is 4.98 Å². The van der Waals surface area contributed by atoms with Crippen molar-refractivity contribution >= 4 is 23.2 Å². The highest BCUT2D eigenvalue weighted by Crippen LogP contribution is 2.23. The van der Waals surface area contributed by atoms with Crippen LogP contribution in [-0.4, -0.2) is 22.0 Å². The minimum atomic E-state index is -1.58. The van der Waals surface area contributed by atoms with E-state index in [2.05, 4.69) is 4.98 Å². The van der Waals surface area contributed by atoms with E-state index in [1.54, 1.807) is 5.38 Å². The molecule has 6 heteroatoms. The molecule has 0 radical (unpaired) electrons. The number of carbonyl (C=O) groups is 2. The Kier molecular flexibility index (Phi) is 3.09. The molecule has 1 amide bonds. The van der Waals surface area contributed by atoms with Crippen molar-refractivity contribution in [3.8, 4) is 0 Å². The summed E-state index contributed by atoms with van der Waals surface area (Å²) >= 11 is 1.41. The zero-order chi connectivity index (χ0) is 11.6. The van der Waals surface area contributed by atoms with E-state index in [0.717, 1.165) is 5.01 Å². The summed E-state index contributed by atoms with van der Waals surface area (Å²) in [4.78, 5) is 26.1. The van der Waals surface area contributed by atoms with Gasteiger partial charge in [0.1, 0.15) is 5.41 Å². The predicted octanol–water partition coefficient (Wildman–Crippen LogP) is 0.570. The topological polar surface area (TPSA) is 93.3 Å². The minimum Gasteiger partial charge on any atom is -0.480 e. The number of aliphatic carboxylic acids is 1. The van der Waals surface area contributed by atoms with Gasteiger partial charge in [-0.15, -0.1) is 11.3 Å². The number of thiazole rings is 1. The lowest BCUT2D eigenvalue weighted by Crippen LogP contribution is -2.43. The Morgan fingerprint density at radius 3 is 2.60 bits per heavy atom. The smallest absolute Gasteiger partial charge is 0.319 e. The molecule has 0 bridgehead atoms. The van der Waals surface area contributed by atoms with Crippen LogP contribution >= 0.6 is 11.3 Å². The Labute approximate surface area is 90.9 Å². The molecular formula is C9H12N2O3S. The lowest BCUT2D eigenvalue weighted by molar-refractivity contribution is -0.153. The van der Waals surface area contributed by atoms with Gasteiger partial charge >= 0.3 is 5.97 Å². The lowest BCUT2D eigenvalue weighted by Gasteiger charge is -2.19. The zero-order valence-electron chi connectivity index (χ0n) is 8.48. The van der Waals surface area contributed by atoms with Gasteiger partial charge < -0.3 is 10.8 Å². The molecule has 0 spiro atoms. The molecule has 82 valence electrons. The molecule has 1 unspecified atom stereocenters. The van der Waals surface area contributed by atoms with Crippen molar-refractivity contribution in [3.05, 3.63) is 16.1 Å². The SMILES string of the molecule is Cc1nc(CC(C)(C(N)=O)C(=O)O)cs1. The first-order valence-corrected chi connectivity index (χ1v) is 5.18. The third kappa shape index (κ3) is 2.33. The molecule has 0 aliphatic rings. The molecule has 15 heavy (non-hydrogen) atoms. The summed E-state index contributed by atoms with van der Waals surface area (Å²) in [5.74, 6) is -2.07. The number of amides is 1. The first-order chi connectivity index (χ1) is 6.86. The number of primary amides is 1. The van der Waals surface area contributed by atoms with E-state index >= 15 is 0 Å². The van der Waals surface area contributed by atoms with Crippen LogP contribution in [0.15, 0.2) is 5.38 Å². The highest BCUT2D eigenvalue weighted by Gasteiger charge is 2.40. The number of carboxylic acids is 1. The number of carboxylic acid groups (broad SMARTS) is 1. The summed E-state index contributed by atoms with van der Waals surface area (Å²) in [7, 11) is 0.